The lowest BCUT2D eigenvalue weighted by Crippen LogP contribution is -2.43. The van der Waals surface area contributed by atoms with Gasteiger partial charge in [0, 0.05) is 24.0 Å². The van der Waals surface area contributed by atoms with Gasteiger partial charge in [0.2, 0.25) is 15.9 Å². The number of benzene rings is 3. The van der Waals surface area contributed by atoms with Crippen LogP contribution in [0.5, 0.6) is 0 Å². The van der Waals surface area contributed by atoms with E-state index < -0.39 is 10.0 Å². The number of fused-ring (bicyclic) bond motifs is 1. The fraction of sp³-hybridized carbons (Fsp3) is 0.292. The highest BCUT2D eigenvalue weighted by Gasteiger charge is 2.32. The highest BCUT2D eigenvalue weighted by Crippen LogP contribution is 2.27. The second kappa shape index (κ2) is 8.99. The molecule has 162 valence electrons. The molecule has 1 atom stereocenters. The van der Waals surface area contributed by atoms with Gasteiger partial charge < -0.3 is 5.32 Å². The maximum absolute atomic E-state index is 12.9. The smallest absolute Gasteiger partial charge is 0.243 e. The van der Waals surface area contributed by atoms with Crippen LogP contribution < -0.4 is 5.32 Å². The Bertz CT molecular complexity index is 1180. The Morgan fingerprint density at radius 3 is 2.35 bits per heavy atom. The lowest BCUT2D eigenvalue weighted by molar-refractivity contribution is -0.126. The van der Waals surface area contributed by atoms with Crippen LogP contribution >= 0.6 is 11.6 Å². The van der Waals surface area contributed by atoms with Gasteiger partial charge in [0.1, 0.15) is 0 Å². The number of halogens is 1. The number of nitrogens with zero attached hydrogens (tertiary/aromatic N) is 1. The van der Waals surface area contributed by atoms with E-state index in [0.29, 0.717) is 31.0 Å². The molecule has 3 aromatic rings. The minimum absolute atomic E-state index is 0.0241. The molecule has 1 N–H and O–H groups in total. The first-order valence-corrected chi connectivity index (χ1v) is 12.2. The van der Waals surface area contributed by atoms with E-state index in [9.17, 15) is 13.2 Å². The van der Waals surface area contributed by atoms with Crippen molar-refractivity contribution < 1.29 is 13.2 Å². The van der Waals surface area contributed by atoms with Crippen LogP contribution in [-0.2, 0) is 14.8 Å². The Morgan fingerprint density at radius 1 is 1.00 bits per heavy atom. The van der Waals surface area contributed by atoms with E-state index in [1.807, 2.05) is 31.2 Å². The fourth-order valence-corrected chi connectivity index (χ4v) is 5.75. The van der Waals surface area contributed by atoms with Gasteiger partial charge in [0.25, 0.3) is 0 Å². The Hall–Kier alpha value is -2.41. The van der Waals surface area contributed by atoms with Gasteiger partial charge >= 0.3 is 0 Å². The van der Waals surface area contributed by atoms with Crippen LogP contribution in [0.15, 0.2) is 71.6 Å². The fourth-order valence-electron chi connectivity index (χ4n) is 4.15. The molecule has 0 aromatic heterocycles. The van der Waals surface area contributed by atoms with E-state index >= 15 is 0 Å². The number of nitrogens with one attached hydrogen (secondary N) is 1. The number of carbonyl (C=O) groups is 1. The first kappa shape index (κ1) is 21.8. The number of carbonyl (C=O) groups excluding carboxylic acids is 1. The number of hydrogen-bond acceptors (Lipinski definition) is 3. The number of rotatable bonds is 5. The van der Waals surface area contributed by atoms with Gasteiger partial charge in [-0.25, -0.2) is 8.42 Å². The van der Waals surface area contributed by atoms with Crippen molar-refractivity contribution in [1.82, 2.24) is 9.62 Å². The van der Waals surface area contributed by atoms with Crippen LogP contribution in [0.1, 0.15) is 31.4 Å². The van der Waals surface area contributed by atoms with Crippen molar-refractivity contribution >= 4 is 38.3 Å². The Kier molecular flexibility index (Phi) is 6.32. The summed E-state index contributed by atoms with van der Waals surface area (Å²) < 4.78 is 27.1. The van der Waals surface area contributed by atoms with E-state index in [2.05, 4.69) is 23.5 Å². The molecule has 7 heteroatoms. The molecule has 1 aliphatic heterocycles. The van der Waals surface area contributed by atoms with E-state index in [1.165, 1.54) is 16.4 Å². The van der Waals surface area contributed by atoms with Gasteiger partial charge in [-0.1, -0.05) is 54.1 Å². The van der Waals surface area contributed by atoms with Crippen molar-refractivity contribution in [3.8, 4) is 0 Å². The molecule has 0 radical (unpaired) electrons. The summed E-state index contributed by atoms with van der Waals surface area (Å²) in [5, 5.41) is 5.89. The Balaban J connectivity index is 1.39. The Labute approximate surface area is 188 Å². The van der Waals surface area contributed by atoms with Crippen LogP contribution in [0, 0.1) is 5.92 Å². The maximum atomic E-state index is 12.9. The lowest BCUT2D eigenvalue weighted by atomic mass is 9.95. The minimum atomic E-state index is -3.58. The van der Waals surface area contributed by atoms with Crippen molar-refractivity contribution in [2.24, 2.45) is 5.92 Å². The highest BCUT2D eigenvalue weighted by molar-refractivity contribution is 7.89. The maximum Gasteiger partial charge on any atom is 0.243 e. The number of hydrogen-bond donors (Lipinski definition) is 1. The summed E-state index contributed by atoms with van der Waals surface area (Å²) in [5.41, 5.74) is 1.08. The second-order valence-electron chi connectivity index (χ2n) is 7.93. The molecular weight excluding hydrogens is 432 g/mol. The van der Waals surface area contributed by atoms with Crippen LogP contribution in [-0.4, -0.2) is 31.7 Å². The summed E-state index contributed by atoms with van der Waals surface area (Å²) in [5.74, 6) is -0.224. The Morgan fingerprint density at radius 2 is 1.65 bits per heavy atom. The summed E-state index contributed by atoms with van der Waals surface area (Å²) >= 11 is 5.87. The normalized spacial score (nSPS) is 16.8. The molecular formula is C24H25ClN2O3S. The summed E-state index contributed by atoms with van der Waals surface area (Å²) in [7, 11) is -3.58. The monoisotopic (exact) mass is 456 g/mol. The lowest BCUT2D eigenvalue weighted by Gasteiger charge is -2.31. The van der Waals surface area contributed by atoms with Crippen LogP contribution in [0.2, 0.25) is 5.02 Å². The average Bonchev–Trinajstić information content (AvgIpc) is 2.79. The van der Waals surface area contributed by atoms with E-state index in [0.717, 1.165) is 16.3 Å². The number of sulfonamides is 1. The molecule has 1 unspecified atom stereocenters. The molecule has 31 heavy (non-hydrogen) atoms. The van der Waals surface area contributed by atoms with Gasteiger partial charge in [-0.2, -0.15) is 4.31 Å². The predicted octanol–water partition coefficient (Wildman–Crippen LogP) is 4.77. The van der Waals surface area contributed by atoms with Gasteiger partial charge in [-0.05, 0) is 60.4 Å². The zero-order valence-electron chi connectivity index (χ0n) is 17.3. The standard InChI is InChI=1S/C24H25ClN2O3S/c1-17(22-8-4-6-18-5-2-3-7-23(18)22)26-24(28)19-13-15-27(16-14-19)31(29,30)21-11-9-20(25)10-12-21/h2-12,17,19H,13-16H2,1H3,(H,26,28). The summed E-state index contributed by atoms with van der Waals surface area (Å²) in [4.78, 5) is 13.1. The van der Waals surface area contributed by atoms with Gasteiger partial charge in [0.05, 0.1) is 10.9 Å². The quantitative estimate of drug-likeness (QED) is 0.601. The highest BCUT2D eigenvalue weighted by atomic mass is 35.5. The summed E-state index contributed by atoms with van der Waals surface area (Å²) in [6.07, 6.45) is 1.00. The zero-order chi connectivity index (χ0) is 22.0. The van der Waals surface area contributed by atoms with Crippen molar-refractivity contribution in [3.63, 3.8) is 0 Å². The van der Waals surface area contributed by atoms with E-state index in [1.54, 1.807) is 12.1 Å². The molecule has 1 fully saturated rings. The second-order valence-corrected chi connectivity index (χ2v) is 10.3. The van der Waals surface area contributed by atoms with Gasteiger partial charge in [-0.3, -0.25) is 4.79 Å². The molecule has 0 aliphatic carbocycles. The first-order valence-electron chi connectivity index (χ1n) is 10.4. The van der Waals surface area contributed by atoms with Gasteiger partial charge in [-0.15, -0.1) is 0 Å². The van der Waals surface area contributed by atoms with Gasteiger partial charge in [0.15, 0.2) is 0 Å². The molecule has 1 amide bonds. The molecule has 0 spiro atoms. The topological polar surface area (TPSA) is 66.5 Å². The first-order chi connectivity index (χ1) is 14.9. The molecule has 1 saturated heterocycles. The van der Waals surface area contributed by atoms with Crippen molar-refractivity contribution in [2.45, 2.75) is 30.7 Å². The largest absolute Gasteiger partial charge is 0.349 e. The van der Waals surface area contributed by atoms with Crippen molar-refractivity contribution in [2.75, 3.05) is 13.1 Å². The molecule has 1 aliphatic rings. The minimum Gasteiger partial charge on any atom is -0.349 e. The summed E-state index contributed by atoms with van der Waals surface area (Å²) in [6.45, 7) is 2.64. The average molecular weight is 457 g/mol. The van der Waals surface area contributed by atoms with Crippen molar-refractivity contribution in [3.05, 3.63) is 77.3 Å². The predicted molar refractivity (Wildman–Crippen MR) is 123 cm³/mol. The third kappa shape index (κ3) is 4.61. The molecule has 0 saturated carbocycles. The van der Waals surface area contributed by atoms with E-state index in [-0.39, 0.29) is 22.8 Å². The zero-order valence-corrected chi connectivity index (χ0v) is 18.9. The van der Waals surface area contributed by atoms with Crippen molar-refractivity contribution in [1.29, 1.82) is 0 Å². The molecule has 3 aromatic carbocycles. The molecule has 4 rings (SSSR count). The van der Waals surface area contributed by atoms with Crippen LogP contribution in [0.4, 0.5) is 0 Å². The summed E-state index contributed by atoms with van der Waals surface area (Å²) in [6, 6.07) is 20.3. The number of amides is 1. The van der Waals surface area contributed by atoms with Crippen LogP contribution in [0.3, 0.4) is 0 Å². The molecule has 1 heterocycles. The molecule has 0 bridgehead atoms. The molecule has 5 nitrogen and oxygen atoms in total. The number of piperidine rings is 1. The third-order valence-corrected chi connectivity index (χ3v) is 8.09. The third-order valence-electron chi connectivity index (χ3n) is 5.92. The van der Waals surface area contributed by atoms with Crippen LogP contribution in [0.25, 0.3) is 10.8 Å². The van der Waals surface area contributed by atoms with E-state index in [4.69, 9.17) is 11.6 Å². The SMILES string of the molecule is CC(NC(=O)C1CCN(S(=O)(=O)c2ccc(Cl)cc2)CC1)c1cccc2ccccc12.